The van der Waals surface area contributed by atoms with Crippen molar-refractivity contribution in [2.24, 2.45) is 5.92 Å². The van der Waals surface area contributed by atoms with Crippen LogP contribution in [0.3, 0.4) is 0 Å². The molecular weight excluding hydrogens is 226 g/mol. The highest BCUT2D eigenvalue weighted by molar-refractivity contribution is 5.87. The summed E-state index contributed by atoms with van der Waals surface area (Å²) in [7, 11) is 0. The van der Waals surface area contributed by atoms with E-state index in [1.807, 2.05) is 6.08 Å². The van der Waals surface area contributed by atoms with Crippen LogP contribution in [0.5, 0.6) is 0 Å². The zero-order valence-electron chi connectivity index (χ0n) is 11.6. The summed E-state index contributed by atoms with van der Waals surface area (Å²) in [6.45, 7) is 4.63. The summed E-state index contributed by atoms with van der Waals surface area (Å²) < 4.78 is 5.38. The van der Waals surface area contributed by atoms with Gasteiger partial charge < -0.3 is 10.1 Å². The van der Waals surface area contributed by atoms with E-state index in [-0.39, 0.29) is 5.91 Å². The minimum atomic E-state index is 0.0380. The van der Waals surface area contributed by atoms with Crippen LogP contribution in [0.25, 0.3) is 0 Å². The fourth-order valence-electron chi connectivity index (χ4n) is 2.15. The number of hydrogen-bond acceptors (Lipinski definition) is 2. The predicted molar refractivity (Wildman–Crippen MR) is 74.5 cm³/mol. The molecule has 1 N–H and O–H groups in total. The second-order valence-corrected chi connectivity index (χ2v) is 5.08. The van der Waals surface area contributed by atoms with Gasteiger partial charge in [0.1, 0.15) is 0 Å². The average Bonchev–Trinajstić information content (AvgIpc) is 2.41. The monoisotopic (exact) mass is 253 g/mol. The minimum absolute atomic E-state index is 0.0380. The van der Waals surface area contributed by atoms with Gasteiger partial charge in [-0.3, -0.25) is 4.79 Å². The van der Waals surface area contributed by atoms with Gasteiger partial charge in [-0.05, 0) is 37.7 Å². The number of allylic oxidation sites excluding steroid dienone is 1. The van der Waals surface area contributed by atoms with Gasteiger partial charge in [-0.15, -0.1) is 0 Å². The highest BCUT2D eigenvalue weighted by atomic mass is 16.5. The van der Waals surface area contributed by atoms with Crippen molar-refractivity contribution in [3.05, 3.63) is 12.2 Å². The SMILES string of the molecule is CCCCCCC=CC(=O)NCC1CCCOC1. The van der Waals surface area contributed by atoms with Crippen molar-refractivity contribution < 1.29 is 9.53 Å². The van der Waals surface area contributed by atoms with Crippen LogP contribution in [-0.2, 0) is 9.53 Å². The normalized spacial score (nSPS) is 20.2. The third-order valence-electron chi connectivity index (χ3n) is 3.31. The van der Waals surface area contributed by atoms with E-state index in [0.717, 1.165) is 32.6 Å². The van der Waals surface area contributed by atoms with E-state index in [2.05, 4.69) is 12.2 Å². The lowest BCUT2D eigenvalue weighted by Crippen LogP contribution is -2.32. The number of carbonyl (C=O) groups is 1. The van der Waals surface area contributed by atoms with Crippen LogP contribution < -0.4 is 5.32 Å². The molecular formula is C15H27NO2. The average molecular weight is 253 g/mol. The number of unbranched alkanes of at least 4 members (excludes halogenated alkanes) is 4. The molecule has 1 rings (SSSR count). The standard InChI is InChI=1S/C15H27NO2/c1-2-3-4-5-6-7-10-15(17)16-12-14-9-8-11-18-13-14/h7,10,14H,2-6,8-9,11-13H2,1H3,(H,16,17). The Balaban J connectivity index is 2.00. The maximum atomic E-state index is 11.5. The lowest BCUT2D eigenvalue weighted by atomic mass is 10.0. The molecule has 3 nitrogen and oxygen atoms in total. The molecule has 0 radical (unpaired) electrons. The summed E-state index contributed by atoms with van der Waals surface area (Å²) in [5.74, 6) is 0.539. The lowest BCUT2D eigenvalue weighted by Gasteiger charge is -2.21. The zero-order valence-corrected chi connectivity index (χ0v) is 11.6. The molecule has 0 aromatic heterocycles. The van der Waals surface area contributed by atoms with Crippen molar-refractivity contribution in [1.82, 2.24) is 5.32 Å². The molecule has 1 unspecified atom stereocenters. The van der Waals surface area contributed by atoms with Gasteiger partial charge in [0, 0.05) is 13.2 Å². The molecule has 104 valence electrons. The van der Waals surface area contributed by atoms with Gasteiger partial charge >= 0.3 is 0 Å². The summed E-state index contributed by atoms with van der Waals surface area (Å²) in [4.78, 5) is 11.5. The Morgan fingerprint density at radius 1 is 1.39 bits per heavy atom. The van der Waals surface area contributed by atoms with Crippen LogP contribution in [0.4, 0.5) is 0 Å². The van der Waals surface area contributed by atoms with Crippen LogP contribution >= 0.6 is 0 Å². The van der Waals surface area contributed by atoms with Crippen LogP contribution in [0.1, 0.15) is 51.9 Å². The molecule has 0 aromatic rings. The molecule has 3 heteroatoms. The topological polar surface area (TPSA) is 38.3 Å². The van der Waals surface area contributed by atoms with Crippen LogP contribution in [0.15, 0.2) is 12.2 Å². The highest BCUT2D eigenvalue weighted by Crippen LogP contribution is 2.12. The number of amides is 1. The smallest absolute Gasteiger partial charge is 0.243 e. The first-order valence-electron chi connectivity index (χ1n) is 7.35. The van der Waals surface area contributed by atoms with Crippen LogP contribution in [0, 0.1) is 5.92 Å². The summed E-state index contributed by atoms with van der Waals surface area (Å²) in [5, 5.41) is 2.95. The minimum Gasteiger partial charge on any atom is -0.381 e. The number of ether oxygens (including phenoxy) is 1. The number of carbonyl (C=O) groups excluding carboxylic acids is 1. The third-order valence-corrected chi connectivity index (χ3v) is 3.31. The Morgan fingerprint density at radius 3 is 3.00 bits per heavy atom. The number of nitrogens with one attached hydrogen (secondary N) is 1. The summed E-state index contributed by atoms with van der Waals surface area (Å²) in [6.07, 6.45) is 12.0. The van der Waals surface area contributed by atoms with Gasteiger partial charge in [0.25, 0.3) is 0 Å². The molecule has 0 bridgehead atoms. The first kappa shape index (κ1) is 15.2. The van der Waals surface area contributed by atoms with Crippen molar-refractivity contribution >= 4 is 5.91 Å². The molecule has 1 saturated heterocycles. The molecule has 18 heavy (non-hydrogen) atoms. The second-order valence-electron chi connectivity index (χ2n) is 5.08. The van der Waals surface area contributed by atoms with E-state index in [0.29, 0.717) is 5.92 Å². The maximum absolute atomic E-state index is 11.5. The van der Waals surface area contributed by atoms with Gasteiger partial charge in [-0.25, -0.2) is 0 Å². The lowest BCUT2D eigenvalue weighted by molar-refractivity contribution is -0.116. The Bertz CT molecular complexity index is 245. The van der Waals surface area contributed by atoms with Crippen LogP contribution in [-0.4, -0.2) is 25.7 Å². The van der Waals surface area contributed by atoms with Gasteiger partial charge in [0.2, 0.25) is 5.91 Å². The van der Waals surface area contributed by atoms with E-state index in [1.165, 1.54) is 32.1 Å². The Labute approximate surface area is 111 Å². The molecule has 1 amide bonds. The summed E-state index contributed by atoms with van der Waals surface area (Å²) in [6, 6.07) is 0. The predicted octanol–water partition coefficient (Wildman–Crippen LogP) is 3.06. The number of rotatable bonds is 8. The summed E-state index contributed by atoms with van der Waals surface area (Å²) >= 11 is 0. The van der Waals surface area contributed by atoms with Crippen molar-refractivity contribution in [3.8, 4) is 0 Å². The fraction of sp³-hybridized carbons (Fsp3) is 0.800. The molecule has 1 heterocycles. The van der Waals surface area contributed by atoms with E-state index in [1.54, 1.807) is 6.08 Å². The highest BCUT2D eigenvalue weighted by Gasteiger charge is 2.13. The molecule has 1 atom stereocenters. The Hall–Kier alpha value is -0.830. The number of hydrogen-bond donors (Lipinski definition) is 1. The first-order chi connectivity index (χ1) is 8.83. The maximum Gasteiger partial charge on any atom is 0.243 e. The quantitative estimate of drug-likeness (QED) is 0.533. The van der Waals surface area contributed by atoms with Crippen molar-refractivity contribution in [3.63, 3.8) is 0 Å². The van der Waals surface area contributed by atoms with Gasteiger partial charge in [-0.1, -0.05) is 32.3 Å². The zero-order chi connectivity index (χ0) is 13.1. The van der Waals surface area contributed by atoms with Crippen LogP contribution in [0.2, 0.25) is 0 Å². The molecule has 1 fully saturated rings. The Morgan fingerprint density at radius 2 is 2.28 bits per heavy atom. The molecule has 0 aliphatic carbocycles. The largest absolute Gasteiger partial charge is 0.381 e. The van der Waals surface area contributed by atoms with Crippen molar-refractivity contribution in [2.45, 2.75) is 51.9 Å². The second kappa shape index (κ2) is 10.1. The van der Waals surface area contributed by atoms with Crippen molar-refractivity contribution in [2.75, 3.05) is 19.8 Å². The first-order valence-corrected chi connectivity index (χ1v) is 7.35. The fourth-order valence-corrected chi connectivity index (χ4v) is 2.15. The molecule has 0 saturated carbocycles. The van der Waals surface area contributed by atoms with E-state index >= 15 is 0 Å². The molecule has 0 spiro atoms. The van der Waals surface area contributed by atoms with E-state index in [4.69, 9.17) is 4.74 Å². The van der Waals surface area contributed by atoms with E-state index < -0.39 is 0 Å². The van der Waals surface area contributed by atoms with Gasteiger partial charge in [0.05, 0.1) is 6.61 Å². The van der Waals surface area contributed by atoms with Gasteiger partial charge in [0.15, 0.2) is 0 Å². The van der Waals surface area contributed by atoms with Crippen molar-refractivity contribution in [1.29, 1.82) is 0 Å². The molecule has 1 aliphatic rings. The van der Waals surface area contributed by atoms with E-state index in [9.17, 15) is 4.79 Å². The Kier molecular flexibility index (Phi) is 8.57. The molecule has 0 aromatic carbocycles. The van der Waals surface area contributed by atoms with Gasteiger partial charge in [-0.2, -0.15) is 0 Å². The molecule has 1 aliphatic heterocycles. The third kappa shape index (κ3) is 7.49. The summed E-state index contributed by atoms with van der Waals surface area (Å²) in [5.41, 5.74) is 0.